The predicted octanol–water partition coefficient (Wildman–Crippen LogP) is 3.99. The number of rotatable bonds is 5. The van der Waals surface area contributed by atoms with Gasteiger partial charge in [0.05, 0.1) is 6.54 Å². The van der Waals surface area contributed by atoms with Crippen molar-refractivity contribution in [1.29, 1.82) is 0 Å². The molecule has 41 heavy (non-hydrogen) atoms. The van der Waals surface area contributed by atoms with E-state index in [9.17, 15) is 4.79 Å². The fraction of sp³-hybridized carbons (Fsp3) is 0.278. The minimum atomic E-state index is 0.0272. The summed E-state index contributed by atoms with van der Waals surface area (Å²) in [5, 5.41) is 5.56. The number of hydrogen-bond donors (Lipinski definition) is 1. The molecule has 1 unspecified atom stereocenters. The van der Waals surface area contributed by atoms with Crippen LogP contribution in [0, 0.1) is 5.92 Å². The van der Waals surface area contributed by atoms with Crippen LogP contribution in [-0.4, -0.2) is 53.3 Å². The maximum absolute atomic E-state index is 13.3. The highest BCUT2D eigenvalue weighted by atomic mass is 16.1. The zero-order valence-electron chi connectivity index (χ0n) is 23.6. The van der Waals surface area contributed by atoms with Gasteiger partial charge < -0.3 is 5.32 Å². The van der Waals surface area contributed by atoms with Gasteiger partial charge in [0.1, 0.15) is 0 Å². The minimum absolute atomic E-state index is 0.0272. The molecule has 2 aliphatic heterocycles. The van der Waals surface area contributed by atoms with Crippen LogP contribution in [0.1, 0.15) is 23.1 Å². The van der Waals surface area contributed by atoms with Gasteiger partial charge >= 0.3 is 0 Å². The maximum Gasteiger partial charge on any atom is 0.153 e. The molecule has 3 aromatic rings. The molecule has 0 saturated carbocycles. The first kappa shape index (κ1) is 27.1. The molecule has 2 aromatic carbocycles. The van der Waals surface area contributed by atoms with Gasteiger partial charge in [-0.25, -0.2) is 0 Å². The van der Waals surface area contributed by atoms with Crippen LogP contribution in [0.4, 0.5) is 0 Å². The average Bonchev–Trinajstić information content (AvgIpc) is 3.36. The van der Waals surface area contributed by atoms with Crippen LogP contribution in [0.15, 0.2) is 97.6 Å². The quantitative estimate of drug-likeness (QED) is 0.529. The van der Waals surface area contributed by atoms with Crippen LogP contribution >= 0.6 is 0 Å². The summed E-state index contributed by atoms with van der Waals surface area (Å²) in [7, 11) is 0. The van der Waals surface area contributed by atoms with Crippen LogP contribution < -0.4 is 15.8 Å². The molecule has 1 fully saturated rings. The first-order valence-electron chi connectivity index (χ1n) is 14.8. The summed E-state index contributed by atoms with van der Waals surface area (Å²) < 4.78 is 0. The number of carbonyl (C=O) groups is 1. The maximum atomic E-state index is 13.3. The summed E-state index contributed by atoms with van der Waals surface area (Å²) in [6.45, 7) is 5.47. The van der Waals surface area contributed by atoms with Gasteiger partial charge in [-0.2, -0.15) is 0 Å². The second-order valence-electron chi connectivity index (χ2n) is 11.1. The lowest BCUT2D eigenvalue weighted by Crippen LogP contribution is -2.48. The fourth-order valence-corrected chi connectivity index (χ4v) is 6.17. The summed E-state index contributed by atoms with van der Waals surface area (Å²) in [6, 6.07) is 17.4. The van der Waals surface area contributed by atoms with Gasteiger partial charge in [0.25, 0.3) is 0 Å². The minimum Gasteiger partial charge on any atom is -0.368 e. The Kier molecular flexibility index (Phi) is 8.65. The Hall–Kier alpha value is -4.06. The number of benzene rings is 2. The number of aryl methyl sites for hydroxylation is 1. The van der Waals surface area contributed by atoms with E-state index in [4.69, 9.17) is 0 Å². The lowest BCUT2D eigenvalue weighted by molar-refractivity contribution is -0.122. The Morgan fingerprint density at radius 3 is 2.37 bits per heavy atom. The van der Waals surface area contributed by atoms with E-state index in [-0.39, 0.29) is 5.92 Å². The standard InChI is InChI=1S/C30H31N3O.C6H7N/c34-30(21-33-17-15-32(16-18-33)20-22-11-13-31-14-12-22)25-6-5-24-8-9-27-26-4-2-1-3-23(26)7-10-28(27)29(24)19-25;1-2-4-6-7-5-3-1/h1-4,8-14,19,25H,5-7,15-18,20-21H2;1-7H. The molecule has 208 valence electrons. The monoisotopic (exact) mass is 542 g/mol. The first-order valence-corrected chi connectivity index (χ1v) is 14.8. The summed E-state index contributed by atoms with van der Waals surface area (Å²) in [4.78, 5) is 22.2. The number of nitrogens with zero attached hydrogens (tertiary/aromatic N) is 3. The van der Waals surface area contributed by atoms with Crippen molar-refractivity contribution < 1.29 is 4.79 Å². The second-order valence-corrected chi connectivity index (χ2v) is 11.1. The molecule has 0 amide bonds. The number of piperazine rings is 1. The molecule has 1 N–H and O–H groups in total. The van der Waals surface area contributed by atoms with Crippen molar-refractivity contribution in [2.24, 2.45) is 5.92 Å². The topological polar surface area (TPSA) is 48.5 Å². The Morgan fingerprint density at radius 2 is 1.56 bits per heavy atom. The Labute approximate surface area is 242 Å². The van der Waals surface area contributed by atoms with Crippen LogP contribution in [0.2, 0.25) is 0 Å². The average molecular weight is 543 g/mol. The summed E-state index contributed by atoms with van der Waals surface area (Å²) in [6.07, 6.45) is 22.8. The number of aromatic nitrogens is 1. The second kappa shape index (κ2) is 13.1. The summed E-state index contributed by atoms with van der Waals surface area (Å²) in [5.41, 5.74) is 6.74. The van der Waals surface area contributed by atoms with Gasteiger partial charge in [-0.3, -0.25) is 19.6 Å². The third-order valence-electron chi connectivity index (χ3n) is 8.44. The van der Waals surface area contributed by atoms with Crippen LogP contribution in [0.3, 0.4) is 0 Å². The van der Waals surface area contributed by atoms with Gasteiger partial charge in [-0.05, 0) is 81.8 Å². The van der Waals surface area contributed by atoms with Crippen LogP contribution in [0.5, 0.6) is 0 Å². The molecule has 5 heteroatoms. The van der Waals surface area contributed by atoms with Crippen molar-refractivity contribution in [1.82, 2.24) is 20.1 Å². The summed E-state index contributed by atoms with van der Waals surface area (Å²) >= 11 is 0. The van der Waals surface area contributed by atoms with Gasteiger partial charge in [0, 0.05) is 63.4 Å². The number of fused-ring (bicyclic) bond motifs is 5. The highest BCUT2D eigenvalue weighted by molar-refractivity contribution is 5.88. The highest BCUT2D eigenvalue weighted by Gasteiger charge is 2.25. The molecule has 0 spiro atoms. The van der Waals surface area contributed by atoms with Gasteiger partial charge in [-0.15, -0.1) is 0 Å². The molecule has 1 atom stereocenters. The van der Waals surface area contributed by atoms with Crippen molar-refractivity contribution in [3.8, 4) is 11.1 Å². The Morgan fingerprint density at radius 1 is 0.805 bits per heavy atom. The lowest BCUT2D eigenvalue weighted by Gasteiger charge is -2.35. The molecular formula is C36H38N4O. The summed E-state index contributed by atoms with van der Waals surface area (Å²) in [5.74, 6) is 0.404. The third-order valence-corrected chi connectivity index (χ3v) is 8.44. The zero-order valence-corrected chi connectivity index (χ0v) is 23.6. The smallest absolute Gasteiger partial charge is 0.153 e. The zero-order chi connectivity index (χ0) is 27.9. The van der Waals surface area contributed by atoms with E-state index in [1.807, 2.05) is 49.1 Å². The van der Waals surface area contributed by atoms with E-state index in [0.717, 1.165) is 52.0 Å². The Balaban J connectivity index is 0.000000380. The van der Waals surface area contributed by atoms with Gasteiger partial charge in [-0.1, -0.05) is 60.7 Å². The number of ketones is 1. The predicted molar refractivity (Wildman–Crippen MR) is 167 cm³/mol. The van der Waals surface area contributed by atoms with E-state index >= 15 is 0 Å². The Bertz CT molecular complexity index is 1570. The first-order chi connectivity index (χ1) is 20.2. The van der Waals surface area contributed by atoms with Crippen molar-refractivity contribution in [2.45, 2.75) is 25.8 Å². The van der Waals surface area contributed by atoms with Crippen molar-refractivity contribution in [3.05, 3.63) is 125 Å². The molecule has 3 heterocycles. The molecule has 1 saturated heterocycles. The van der Waals surface area contributed by atoms with E-state index in [1.165, 1.54) is 38.3 Å². The molecule has 0 bridgehead atoms. The van der Waals surface area contributed by atoms with Crippen LogP contribution in [-0.2, 0) is 24.2 Å². The SMILES string of the molecule is C1=CC=CNC=C1.O=C(CN1CCN(Cc2ccncc2)CC1)C1C=c2c(ccc3c2=CCc2ccccc2-3)CC1. The number of carbonyl (C=O) groups excluding carboxylic acids is 1. The largest absolute Gasteiger partial charge is 0.368 e. The molecule has 0 radical (unpaired) electrons. The van der Waals surface area contributed by atoms with Gasteiger partial charge in [0.2, 0.25) is 0 Å². The van der Waals surface area contributed by atoms with E-state index in [0.29, 0.717) is 12.3 Å². The van der Waals surface area contributed by atoms with E-state index in [2.05, 4.69) is 80.8 Å². The number of Topliss-reactive ketones (excluding diaryl/α,β-unsaturated/α-hetero) is 1. The number of hydrogen-bond acceptors (Lipinski definition) is 5. The molecule has 5 nitrogen and oxygen atoms in total. The number of nitrogens with one attached hydrogen (secondary N) is 1. The number of allylic oxidation sites excluding steroid dienone is 4. The van der Waals surface area contributed by atoms with Gasteiger partial charge in [0.15, 0.2) is 5.78 Å². The van der Waals surface area contributed by atoms with Crippen LogP contribution in [0.25, 0.3) is 23.3 Å². The normalized spacial score (nSPS) is 19.2. The molecular weight excluding hydrogens is 504 g/mol. The molecule has 7 rings (SSSR count). The van der Waals surface area contributed by atoms with Crippen molar-refractivity contribution in [3.63, 3.8) is 0 Å². The number of pyridine rings is 1. The van der Waals surface area contributed by atoms with Crippen molar-refractivity contribution in [2.75, 3.05) is 32.7 Å². The lowest BCUT2D eigenvalue weighted by atomic mass is 9.83. The molecule has 1 aromatic heterocycles. The third kappa shape index (κ3) is 6.64. The highest BCUT2D eigenvalue weighted by Crippen LogP contribution is 2.25. The van der Waals surface area contributed by atoms with E-state index in [1.54, 1.807) is 0 Å². The fourth-order valence-electron chi connectivity index (χ4n) is 6.17. The molecule has 4 aliphatic rings. The van der Waals surface area contributed by atoms with Crippen molar-refractivity contribution >= 4 is 17.9 Å². The van der Waals surface area contributed by atoms with E-state index < -0.39 is 0 Å². The molecule has 2 aliphatic carbocycles.